The Bertz CT molecular complexity index is 897. The molecule has 0 saturated carbocycles. The average Bonchev–Trinajstić information content (AvgIpc) is 2.58. The van der Waals surface area contributed by atoms with Crippen molar-refractivity contribution in [3.8, 4) is 22.8 Å². The molecule has 0 fully saturated rings. The second-order valence-corrected chi connectivity index (χ2v) is 5.33. The van der Waals surface area contributed by atoms with Gasteiger partial charge in [-0.25, -0.2) is 0 Å². The molecule has 0 amide bonds. The highest BCUT2D eigenvalue weighted by Gasteiger charge is 2.17. The van der Waals surface area contributed by atoms with Crippen molar-refractivity contribution in [2.24, 2.45) is 0 Å². The number of rotatable bonds is 4. The fourth-order valence-electron chi connectivity index (χ4n) is 2.36. The summed E-state index contributed by atoms with van der Waals surface area (Å²) in [4.78, 5) is 12.7. The van der Waals surface area contributed by atoms with E-state index in [1.165, 1.54) is 0 Å². The van der Waals surface area contributed by atoms with E-state index < -0.39 is 0 Å². The largest absolute Gasteiger partial charge is 0.497 e. The Morgan fingerprint density at radius 3 is 2.52 bits per heavy atom. The van der Waals surface area contributed by atoms with Crippen LogP contribution in [0.4, 0.5) is 0 Å². The first-order valence-corrected chi connectivity index (χ1v) is 7.55. The van der Waals surface area contributed by atoms with Crippen LogP contribution in [0.2, 0.25) is 5.02 Å². The zero-order chi connectivity index (χ0) is 16.4. The van der Waals surface area contributed by atoms with Gasteiger partial charge in [0.15, 0.2) is 5.76 Å². The highest BCUT2D eigenvalue weighted by molar-refractivity contribution is 6.31. The normalized spacial score (nSPS) is 10.7. The van der Waals surface area contributed by atoms with E-state index in [-0.39, 0.29) is 11.2 Å². The molecule has 0 radical (unpaired) electrons. The molecule has 4 nitrogen and oxygen atoms in total. The summed E-state index contributed by atoms with van der Waals surface area (Å²) in [5, 5.41) is 0.877. The molecule has 0 saturated heterocycles. The second kappa shape index (κ2) is 6.34. The number of hydrogen-bond acceptors (Lipinski definition) is 4. The van der Waals surface area contributed by atoms with Gasteiger partial charge in [0.2, 0.25) is 11.2 Å². The Labute approximate surface area is 138 Å². The molecule has 0 spiro atoms. The molecule has 0 atom stereocenters. The summed E-state index contributed by atoms with van der Waals surface area (Å²) in [6.45, 7) is 2.18. The molecule has 0 aliphatic carbocycles. The monoisotopic (exact) mass is 330 g/mol. The van der Waals surface area contributed by atoms with Gasteiger partial charge in [-0.15, -0.1) is 0 Å². The molecular formula is C18H15ClO4. The quantitative estimate of drug-likeness (QED) is 0.705. The fraction of sp³-hybridized carbons (Fsp3) is 0.167. The van der Waals surface area contributed by atoms with Gasteiger partial charge in [-0.1, -0.05) is 11.6 Å². The maximum absolute atomic E-state index is 12.7. The molecule has 0 aliphatic heterocycles. The predicted molar refractivity (Wildman–Crippen MR) is 90.7 cm³/mol. The SMILES string of the molecule is CCOc1c(-c2ccc(OC)cc2)oc2ccc(Cl)cc2c1=O. The first-order valence-electron chi connectivity index (χ1n) is 7.17. The van der Waals surface area contributed by atoms with Crippen molar-refractivity contribution in [1.29, 1.82) is 0 Å². The van der Waals surface area contributed by atoms with Crippen LogP contribution in [0, 0.1) is 0 Å². The molecule has 3 rings (SSSR count). The average molecular weight is 331 g/mol. The smallest absolute Gasteiger partial charge is 0.235 e. The van der Waals surface area contributed by atoms with Gasteiger partial charge < -0.3 is 13.9 Å². The fourth-order valence-corrected chi connectivity index (χ4v) is 2.53. The van der Waals surface area contributed by atoms with E-state index in [4.69, 9.17) is 25.5 Å². The molecule has 1 aromatic heterocycles. The predicted octanol–water partition coefficient (Wildman–Crippen LogP) is 4.52. The van der Waals surface area contributed by atoms with E-state index in [1.54, 1.807) is 37.4 Å². The van der Waals surface area contributed by atoms with Gasteiger partial charge in [0.25, 0.3) is 0 Å². The molecule has 5 heteroatoms. The van der Waals surface area contributed by atoms with Crippen LogP contribution in [0.3, 0.4) is 0 Å². The molecule has 3 aromatic rings. The van der Waals surface area contributed by atoms with Gasteiger partial charge in [-0.05, 0) is 49.4 Å². The van der Waals surface area contributed by atoms with E-state index in [1.807, 2.05) is 19.1 Å². The van der Waals surface area contributed by atoms with Crippen LogP contribution in [0.15, 0.2) is 51.7 Å². The summed E-state index contributed by atoms with van der Waals surface area (Å²) < 4.78 is 16.6. The van der Waals surface area contributed by atoms with Gasteiger partial charge in [-0.2, -0.15) is 0 Å². The molecule has 118 valence electrons. The van der Waals surface area contributed by atoms with E-state index >= 15 is 0 Å². The Morgan fingerprint density at radius 1 is 1.13 bits per heavy atom. The first-order chi connectivity index (χ1) is 11.1. The zero-order valence-corrected chi connectivity index (χ0v) is 13.5. The van der Waals surface area contributed by atoms with Crippen molar-refractivity contribution >= 4 is 22.6 Å². The van der Waals surface area contributed by atoms with Gasteiger partial charge >= 0.3 is 0 Å². The molecule has 0 unspecified atom stereocenters. The lowest BCUT2D eigenvalue weighted by atomic mass is 10.1. The molecular weight excluding hydrogens is 316 g/mol. The minimum Gasteiger partial charge on any atom is -0.497 e. The van der Waals surface area contributed by atoms with Crippen LogP contribution in [-0.4, -0.2) is 13.7 Å². The first kappa shape index (κ1) is 15.4. The van der Waals surface area contributed by atoms with Crippen LogP contribution in [0.5, 0.6) is 11.5 Å². The molecule has 2 aromatic carbocycles. The highest BCUT2D eigenvalue weighted by Crippen LogP contribution is 2.32. The minimum absolute atomic E-state index is 0.187. The third kappa shape index (κ3) is 2.90. The number of halogens is 1. The van der Waals surface area contributed by atoms with Gasteiger partial charge in [0.1, 0.15) is 11.3 Å². The van der Waals surface area contributed by atoms with Crippen LogP contribution in [-0.2, 0) is 0 Å². The second-order valence-electron chi connectivity index (χ2n) is 4.89. The van der Waals surface area contributed by atoms with Crippen LogP contribution in [0.25, 0.3) is 22.3 Å². The third-order valence-electron chi connectivity index (χ3n) is 3.45. The lowest BCUT2D eigenvalue weighted by Gasteiger charge is -2.11. The standard InChI is InChI=1S/C18H15ClO4/c1-3-22-18-16(20)14-10-12(19)6-9-15(14)23-17(18)11-4-7-13(21-2)8-5-11/h4-10H,3H2,1-2H3. The van der Waals surface area contributed by atoms with E-state index in [0.717, 1.165) is 11.3 Å². The number of fused-ring (bicyclic) bond motifs is 1. The Hall–Kier alpha value is -2.46. The van der Waals surface area contributed by atoms with E-state index in [0.29, 0.717) is 28.4 Å². The molecule has 1 heterocycles. The Balaban J connectivity index is 2.27. The van der Waals surface area contributed by atoms with Crippen molar-refractivity contribution in [3.05, 3.63) is 57.7 Å². The summed E-state index contributed by atoms with van der Waals surface area (Å²) in [6.07, 6.45) is 0. The lowest BCUT2D eigenvalue weighted by Crippen LogP contribution is -2.09. The summed E-state index contributed by atoms with van der Waals surface area (Å²) >= 11 is 5.97. The van der Waals surface area contributed by atoms with Gasteiger partial charge in [0, 0.05) is 10.6 Å². The summed E-state index contributed by atoms with van der Waals surface area (Å²) in [6, 6.07) is 12.2. The van der Waals surface area contributed by atoms with Crippen LogP contribution < -0.4 is 14.9 Å². The summed E-state index contributed by atoms with van der Waals surface area (Å²) in [5.74, 6) is 1.31. The maximum atomic E-state index is 12.7. The third-order valence-corrected chi connectivity index (χ3v) is 3.69. The topological polar surface area (TPSA) is 48.7 Å². The van der Waals surface area contributed by atoms with Crippen LogP contribution in [0.1, 0.15) is 6.92 Å². The van der Waals surface area contributed by atoms with E-state index in [2.05, 4.69) is 0 Å². The number of hydrogen-bond donors (Lipinski definition) is 0. The molecule has 23 heavy (non-hydrogen) atoms. The van der Waals surface area contributed by atoms with Gasteiger partial charge in [0.05, 0.1) is 19.1 Å². The van der Waals surface area contributed by atoms with Crippen molar-refractivity contribution in [3.63, 3.8) is 0 Å². The molecule has 0 N–H and O–H groups in total. The van der Waals surface area contributed by atoms with Crippen LogP contribution >= 0.6 is 11.6 Å². The Morgan fingerprint density at radius 2 is 1.87 bits per heavy atom. The molecule has 0 bridgehead atoms. The minimum atomic E-state index is -0.235. The number of ether oxygens (including phenoxy) is 2. The van der Waals surface area contributed by atoms with Gasteiger partial charge in [-0.3, -0.25) is 4.79 Å². The number of methoxy groups -OCH3 is 1. The highest BCUT2D eigenvalue weighted by atomic mass is 35.5. The van der Waals surface area contributed by atoms with Crippen molar-refractivity contribution < 1.29 is 13.9 Å². The van der Waals surface area contributed by atoms with Crippen molar-refractivity contribution in [2.45, 2.75) is 6.92 Å². The van der Waals surface area contributed by atoms with Crippen molar-refractivity contribution in [2.75, 3.05) is 13.7 Å². The zero-order valence-electron chi connectivity index (χ0n) is 12.8. The van der Waals surface area contributed by atoms with E-state index in [9.17, 15) is 4.79 Å². The summed E-state index contributed by atoms with van der Waals surface area (Å²) in [7, 11) is 1.60. The number of benzene rings is 2. The molecule has 0 aliphatic rings. The summed E-state index contributed by atoms with van der Waals surface area (Å²) in [5.41, 5.74) is 0.971. The van der Waals surface area contributed by atoms with Crippen molar-refractivity contribution in [1.82, 2.24) is 0 Å². The Kier molecular flexibility index (Phi) is 4.26. The lowest BCUT2D eigenvalue weighted by molar-refractivity contribution is 0.330. The maximum Gasteiger partial charge on any atom is 0.235 e.